The van der Waals surface area contributed by atoms with Crippen molar-refractivity contribution in [2.75, 3.05) is 0 Å². The Morgan fingerprint density at radius 1 is 0.926 bits per heavy atom. The van der Waals surface area contributed by atoms with E-state index in [9.17, 15) is 4.79 Å². The third-order valence-electron chi connectivity index (χ3n) is 4.47. The molecule has 0 atom stereocenters. The highest BCUT2D eigenvalue weighted by atomic mass is 16.2. The van der Waals surface area contributed by atoms with Gasteiger partial charge in [-0.05, 0) is 54.1 Å². The number of nitrogens with zero attached hydrogens (tertiary/aromatic N) is 2. The molecule has 27 heavy (non-hydrogen) atoms. The smallest absolute Gasteiger partial charge is 0.271 e. The lowest BCUT2D eigenvalue weighted by molar-refractivity contribution is 0.0955. The van der Waals surface area contributed by atoms with E-state index < -0.39 is 0 Å². The van der Waals surface area contributed by atoms with E-state index in [4.69, 9.17) is 0 Å². The van der Waals surface area contributed by atoms with Crippen LogP contribution in [-0.4, -0.2) is 16.7 Å². The fourth-order valence-corrected chi connectivity index (χ4v) is 2.99. The average Bonchev–Trinajstić information content (AvgIpc) is 3.16. The van der Waals surface area contributed by atoms with Crippen LogP contribution < -0.4 is 5.43 Å². The minimum Gasteiger partial charge on any atom is -0.316 e. The van der Waals surface area contributed by atoms with Gasteiger partial charge < -0.3 is 4.57 Å². The normalized spacial score (nSPS) is 11.1. The van der Waals surface area contributed by atoms with Gasteiger partial charge in [0, 0.05) is 17.4 Å². The third-order valence-corrected chi connectivity index (χ3v) is 4.47. The number of carbonyl (C=O) groups excluding carboxylic acids is 1. The van der Waals surface area contributed by atoms with E-state index in [1.54, 1.807) is 18.3 Å². The fourth-order valence-electron chi connectivity index (χ4n) is 2.99. The number of carbonyl (C=O) groups is 1. The molecule has 0 unspecified atom stereocenters. The summed E-state index contributed by atoms with van der Waals surface area (Å²) in [7, 11) is 0. The number of rotatable bonds is 4. The first-order valence-corrected chi connectivity index (χ1v) is 8.77. The Morgan fingerprint density at radius 3 is 2.52 bits per heavy atom. The molecule has 4 heteroatoms. The Balaban J connectivity index is 1.53. The number of fused-ring (bicyclic) bond motifs is 1. The van der Waals surface area contributed by atoms with Crippen molar-refractivity contribution in [1.82, 2.24) is 9.99 Å². The highest BCUT2D eigenvalue weighted by molar-refractivity contribution is 5.94. The minimum absolute atomic E-state index is 0.227. The van der Waals surface area contributed by atoms with Crippen molar-refractivity contribution in [3.8, 4) is 5.69 Å². The van der Waals surface area contributed by atoms with Gasteiger partial charge in [-0.2, -0.15) is 5.10 Å². The van der Waals surface area contributed by atoms with E-state index >= 15 is 0 Å². The lowest BCUT2D eigenvalue weighted by Gasteiger charge is -2.08. The van der Waals surface area contributed by atoms with E-state index in [-0.39, 0.29) is 5.91 Å². The standard InChI is InChI=1S/C23H19N3O/c1-17-8-10-19(11-9-17)23(27)25-24-16-22-7-4-14-26(22)21-13-12-18-5-2-3-6-20(18)15-21/h2-16H,1H3,(H,25,27)/b24-16+. The van der Waals surface area contributed by atoms with Crippen molar-refractivity contribution >= 4 is 22.9 Å². The first-order chi connectivity index (χ1) is 13.2. The zero-order valence-corrected chi connectivity index (χ0v) is 15.0. The summed E-state index contributed by atoms with van der Waals surface area (Å²) in [6, 6.07) is 25.9. The van der Waals surface area contributed by atoms with Gasteiger partial charge >= 0.3 is 0 Å². The molecule has 1 aromatic heterocycles. The summed E-state index contributed by atoms with van der Waals surface area (Å²) in [6.45, 7) is 1.99. The van der Waals surface area contributed by atoms with E-state index in [0.717, 1.165) is 16.9 Å². The molecule has 4 nitrogen and oxygen atoms in total. The molecule has 4 rings (SSSR count). The summed E-state index contributed by atoms with van der Waals surface area (Å²) < 4.78 is 2.04. The second-order valence-corrected chi connectivity index (χ2v) is 6.40. The molecule has 0 aliphatic carbocycles. The van der Waals surface area contributed by atoms with Crippen LogP contribution in [0.2, 0.25) is 0 Å². The predicted molar refractivity (Wildman–Crippen MR) is 110 cm³/mol. The van der Waals surface area contributed by atoms with Crippen LogP contribution in [0.25, 0.3) is 16.5 Å². The van der Waals surface area contributed by atoms with Gasteiger partial charge in [0.1, 0.15) is 0 Å². The molecular weight excluding hydrogens is 334 g/mol. The Labute approximate surface area is 157 Å². The second-order valence-electron chi connectivity index (χ2n) is 6.40. The maximum Gasteiger partial charge on any atom is 0.271 e. The van der Waals surface area contributed by atoms with Crippen LogP contribution in [0.3, 0.4) is 0 Å². The predicted octanol–water partition coefficient (Wildman–Crippen LogP) is 4.70. The molecule has 0 saturated heterocycles. The van der Waals surface area contributed by atoms with Gasteiger partial charge in [-0.3, -0.25) is 4.79 Å². The van der Waals surface area contributed by atoms with Gasteiger partial charge in [-0.25, -0.2) is 5.43 Å². The van der Waals surface area contributed by atoms with Gasteiger partial charge in [0.15, 0.2) is 0 Å². The quantitative estimate of drug-likeness (QED) is 0.419. The molecule has 3 aromatic carbocycles. The topological polar surface area (TPSA) is 46.4 Å². The first-order valence-electron chi connectivity index (χ1n) is 8.77. The first kappa shape index (κ1) is 16.8. The van der Waals surface area contributed by atoms with Gasteiger partial charge in [0.05, 0.1) is 11.9 Å². The summed E-state index contributed by atoms with van der Waals surface area (Å²) in [5, 5.41) is 6.50. The maximum atomic E-state index is 12.2. The summed E-state index contributed by atoms with van der Waals surface area (Å²) in [4.78, 5) is 12.2. The molecule has 0 aliphatic heterocycles. The van der Waals surface area contributed by atoms with Gasteiger partial charge in [-0.15, -0.1) is 0 Å². The van der Waals surface area contributed by atoms with Gasteiger partial charge in [0.25, 0.3) is 5.91 Å². The van der Waals surface area contributed by atoms with Crippen LogP contribution in [0, 0.1) is 6.92 Å². The second kappa shape index (κ2) is 7.30. The van der Waals surface area contributed by atoms with Gasteiger partial charge in [0.2, 0.25) is 0 Å². The van der Waals surface area contributed by atoms with E-state index in [1.165, 1.54) is 10.8 Å². The zero-order chi connectivity index (χ0) is 18.6. The molecule has 1 amide bonds. The molecule has 0 spiro atoms. The number of hydrogen-bond donors (Lipinski definition) is 1. The van der Waals surface area contributed by atoms with Crippen molar-refractivity contribution < 1.29 is 4.79 Å². The van der Waals surface area contributed by atoms with Crippen molar-refractivity contribution in [2.24, 2.45) is 5.10 Å². The number of aryl methyl sites for hydroxylation is 1. The Bertz CT molecular complexity index is 1120. The lowest BCUT2D eigenvalue weighted by Crippen LogP contribution is -2.17. The Morgan fingerprint density at radius 2 is 1.70 bits per heavy atom. The summed E-state index contributed by atoms with van der Waals surface area (Å²) in [6.07, 6.45) is 3.63. The molecule has 0 radical (unpaired) electrons. The fraction of sp³-hybridized carbons (Fsp3) is 0.0435. The van der Waals surface area contributed by atoms with Crippen LogP contribution in [0.15, 0.2) is 90.2 Å². The minimum atomic E-state index is -0.227. The molecule has 0 saturated carbocycles. The summed E-state index contributed by atoms with van der Waals surface area (Å²) >= 11 is 0. The SMILES string of the molecule is Cc1ccc(C(=O)N/N=C/c2cccn2-c2ccc3ccccc3c2)cc1. The molecule has 4 aromatic rings. The molecular formula is C23H19N3O. The van der Waals surface area contributed by atoms with E-state index in [2.05, 4.69) is 40.9 Å². The van der Waals surface area contributed by atoms with Crippen LogP contribution in [0.5, 0.6) is 0 Å². The number of amides is 1. The lowest BCUT2D eigenvalue weighted by atomic mass is 10.1. The summed E-state index contributed by atoms with van der Waals surface area (Å²) in [5.41, 5.74) is 6.21. The molecule has 132 valence electrons. The van der Waals surface area contributed by atoms with E-state index in [1.807, 2.05) is 54.1 Å². The molecule has 0 bridgehead atoms. The largest absolute Gasteiger partial charge is 0.316 e. The van der Waals surface area contributed by atoms with Crippen molar-refractivity contribution in [3.63, 3.8) is 0 Å². The van der Waals surface area contributed by atoms with Crippen LogP contribution in [-0.2, 0) is 0 Å². The number of hydrazone groups is 1. The Hall–Kier alpha value is -3.66. The number of aromatic nitrogens is 1. The average molecular weight is 353 g/mol. The van der Waals surface area contributed by atoms with Crippen molar-refractivity contribution in [2.45, 2.75) is 6.92 Å². The van der Waals surface area contributed by atoms with Crippen LogP contribution >= 0.6 is 0 Å². The van der Waals surface area contributed by atoms with Crippen LogP contribution in [0.4, 0.5) is 0 Å². The highest BCUT2D eigenvalue weighted by Gasteiger charge is 2.05. The monoisotopic (exact) mass is 353 g/mol. The number of nitrogens with one attached hydrogen (secondary N) is 1. The number of benzene rings is 3. The van der Waals surface area contributed by atoms with Crippen molar-refractivity contribution in [3.05, 3.63) is 102 Å². The maximum absolute atomic E-state index is 12.2. The molecule has 0 aliphatic rings. The zero-order valence-electron chi connectivity index (χ0n) is 15.0. The summed E-state index contributed by atoms with van der Waals surface area (Å²) in [5.74, 6) is -0.227. The van der Waals surface area contributed by atoms with Gasteiger partial charge in [-0.1, -0.05) is 48.0 Å². The third kappa shape index (κ3) is 3.65. The molecule has 1 N–H and O–H groups in total. The molecule has 1 heterocycles. The van der Waals surface area contributed by atoms with Crippen LogP contribution in [0.1, 0.15) is 21.6 Å². The number of hydrogen-bond acceptors (Lipinski definition) is 2. The molecule has 0 fully saturated rings. The Kier molecular flexibility index (Phi) is 4.54. The van der Waals surface area contributed by atoms with E-state index in [0.29, 0.717) is 5.56 Å². The highest BCUT2D eigenvalue weighted by Crippen LogP contribution is 2.19. The van der Waals surface area contributed by atoms with Crippen molar-refractivity contribution in [1.29, 1.82) is 0 Å².